The maximum absolute atomic E-state index is 4.25. The monoisotopic (exact) mass is 301 g/mol. The fraction of sp³-hybridized carbons (Fsp3) is 0.143. The molecule has 0 bridgehead atoms. The zero-order valence-corrected chi connectivity index (χ0v) is 11.2. The minimum Gasteiger partial charge on any atom is -0.289 e. The maximum Gasteiger partial charge on any atom is 2.00 e. The summed E-state index contributed by atoms with van der Waals surface area (Å²) in [5, 5.41) is 0. The third kappa shape index (κ3) is 6.04. The maximum atomic E-state index is 4.25. The molecule has 0 saturated carbocycles. The van der Waals surface area contributed by atoms with Gasteiger partial charge < -0.3 is 0 Å². The average Bonchev–Trinajstić information content (AvgIpc) is 2.45. The number of pyridine rings is 2. The summed E-state index contributed by atoms with van der Waals surface area (Å²) in [7, 11) is 0. The van der Waals surface area contributed by atoms with Crippen LogP contribution < -0.4 is 0 Å². The minimum absolute atomic E-state index is 0. The summed E-state index contributed by atoms with van der Waals surface area (Å²) in [5.41, 5.74) is 1.73. The molecule has 0 amide bonds. The van der Waals surface area contributed by atoms with E-state index in [1.54, 1.807) is 24.8 Å². The molecule has 2 aromatic heterocycles. The molecule has 5 heteroatoms. The molecule has 0 spiro atoms. The molecule has 4 nitrogen and oxygen atoms in total. The first-order valence-electron chi connectivity index (χ1n) is 5.77. The molecule has 99 valence electrons. The van der Waals surface area contributed by atoms with Crippen LogP contribution in [-0.2, 0) is 17.1 Å². The molecular weight excluding hydrogens is 288 g/mol. The molecule has 1 radical (unpaired) electrons. The second-order valence-electron chi connectivity index (χ2n) is 3.58. The Morgan fingerprint density at radius 1 is 0.789 bits per heavy atom. The van der Waals surface area contributed by atoms with Crippen molar-refractivity contribution >= 4 is 12.4 Å². The number of aliphatic imine (C=N–C) groups is 2. The van der Waals surface area contributed by atoms with Gasteiger partial charge in [-0.05, 0) is 24.3 Å². The number of aromatic nitrogens is 2. The molecule has 0 N–H and O–H groups in total. The Balaban J connectivity index is 0.00000180. The van der Waals surface area contributed by atoms with Crippen LogP contribution in [0.1, 0.15) is 11.4 Å². The molecular formula is C14H14CuN4+2. The van der Waals surface area contributed by atoms with Crippen molar-refractivity contribution in [1.82, 2.24) is 9.97 Å². The Hall–Kier alpha value is -1.84. The summed E-state index contributed by atoms with van der Waals surface area (Å²) in [4.78, 5) is 16.8. The van der Waals surface area contributed by atoms with Gasteiger partial charge in [0.15, 0.2) is 0 Å². The van der Waals surface area contributed by atoms with Crippen molar-refractivity contribution in [1.29, 1.82) is 0 Å². The SMILES string of the molecule is C(=NCCN=Cc1ccccn1)c1ccccn1.[Cu+2]. The predicted molar refractivity (Wildman–Crippen MR) is 73.4 cm³/mol. The third-order valence-corrected chi connectivity index (χ3v) is 2.18. The fourth-order valence-electron chi connectivity index (χ4n) is 1.34. The van der Waals surface area contributed by atoms with Gasteiger partial charge in [0.05, 0.1) is 24.5 Å². The topological polar surface area (TPSA) is 50.5 Å². The molecule has 2 aromatic rings. The molecule has 19 heavy (non-hydrogen) atoms. The summed E-state index contributed by atoms with van der Waals surface area (Å²) < 4.78 is 0. The molecule has 2 heterocycles. The summed E-state index contributed by atoms with van der Waals surface area (Å²) in [6.45, 7) is 1.31. The Labute approximate surface area is 123 Å². The Morgan fingerprint density at radius 2 is 1.26 bits per heavy atom. The summed E-state index contributed by atoms with van der Waals surface area (Å²) in [6.07, 6.45) is 7.02. The van der Waals surface area contributed by atoms with E-state index in [2.05, 4.69) is 20.0 Å². The van der Waals surface area contributed by atoms with Gasteiger partial charge in [-0.15, -0.1) is 0 Å². The van der Waals surface area contributed by atoms with Crippen LogP contribution in [0.5, 0.6) is 0 Å². The molecule has 0 aliphatic heterocycles. The number of hydrogen-bond donors (Lipinski definition) is 0. The van der Waals surface area contributed by atoms with Gasteiger partial charge in [0.2, 0.25) is 0 Å². The van der Waals surface area contributed by atoms with E-state index in [9.17, 15) is 0 Å². The van der Waals surface area contributed by atoms with E-state index in [-0.39, 0.29) is 17.1 Å². The molecule has 0 aliphatic rings. The van der Waals surface area contributed by atoms with Gasteiger partial charge in [0.1, 0.15) is 0 Å². The van der Waals surface area contributed by atoms with E-state index in [1.807, 2.05) is 36.4 Å². The smallest absolute Gasteiger partial charge is 0.289 e. The minimum atomic E-state index is 0. The quantitative estimate of drug-likeness (QED) is 0.482. The van der Waals surface area contributed by atoms with Crippen LogP contribution in [-0.4, -0.2) is 35.5 Å². The number of hydrogen-bond acceptors (Lipinski definition) is 4. The van der Waals surface area contributed by atoms with Crippen LogP contribution in [0.4, 0.5) is 0 Å². The van der Waals surface area contributed by atoms with Crippen LogP contribution in [0.25, 0.3) is 0 Å². The van der Waals surface area contributed by atoms with E-state index in [0.29, 0.717) is 13.1 Å². The normalized spacial score (nSPS) is 10.7. The first-order chi connectivity index (χ1) is 8.95. The first kappa shape index (κ1) is 15.2. The molecule has 0 atom stereocenters. The van der Waals surface area contributed by atoms with Crippen molar-refractivity contribution in [3.63, 3.8) is 0 Å². The molecule has 0 saturated heterocycles. The van der Waals surface area contributed by atoms with Gasteiger partial charge in [-0.25, -0.2) is 0 Å². The van der Waals surface area contributed by atoms with Crippen LogP contribution in [0, 0.1) is 0 Å². The Bertz CT molecular complexity index is 462. The van der Waals surface area contributed by atoms with Gasteiger partial charge in [-0.3, -0.25) is 20.0 Å². The van der Waals surface area contributed by atoms with Crippen molar-refractivity contribution in [3.05, 3.63) is 60.2 Å². The second kappa shape index (κ2) is 9.14. The van der Waals surface area contributed by atoms with Gasteiger partial charge in [0.25, 0.3) is 0 Å². The zero-order valence-electron chi connectivity index (χ0n) is 10.3. The van der Waals surface area contributed by atoms with E-state index in [1.165, 1.54) is 0 Å². The largest absolute Gasteiger partial charge is 2.00 e. The Morgan fingerprint density at radius 3 is 1.63 bits per heavy atom. The molecule has 0 fully saturated rings. The van der Waals surface area contributed by atoms with Crippen molar-refractivity contribution in [2.24, 2.45) is 9.98 Å². The van der Waals surface area contributed by atoms with Crippen molar-refractivity contribution in [2.75, 3.05) is 13.1 Å². The van der Waals surface area contributed by atoms with E-state index < -0.39 is 0 Å². The van der Waals surface area contributed by atoms with E-state index >= 15 is 0 Å². The Kier molecular flexibility index (Phi) is 7.32. The van der Waals surface area contributed by atoms with Crippen LogP contribution in [0.2, 0.25) is 0 Å². The van der Waals surface area contributed by atoms with Crippen molar-refractivity contribution < 1.29 is 17.1 Å². The van der Waals surface area contributed by atoms with Gasteiger partial charge in [-0.1, -0.05) is 12.1 Å². The van der Waals surface area contributed by atoms with Crippen molar-refractivity contribution in [3.8, 4) is 0 Å². The standard InChI is InChI=1S/C14H14N4.Cu/c1-3-7-17-13(5-1)11-15-9-10-16-12-14-6-2-4-8-18-14;/h1-8,11-12H,9-10H2;/q;+2. The summed E-state index contributed by atoms with van der Waals surface area (Å²) in [6, 6.07) is 11.5. The van der Waals surface area contributed by atoms with E-state index in [0.717, 1.165) is 11.4 Å². The van der Waals surface area contributed by atoms with E-state index in [4.69, 9.17) is 0 Å². The number of rotatable bonds is 5. The third-order valence-electron chi connectivity index (χ3n) is 2.18. The van der Waals surface area contributed by atoms with Crippen LogP contribution in [0.15, 0.2) is 58.8 Å². The summed E-state index contributed by atoms with van der Waals surface area (Å²) >= 11 is 0. The van der Waals surface area contributed by atoms with Gasteiger partial charge in [-0.2, -0.15) is 0 Å². The molecule has 2 rings (SSSR count). The summed E-state index contributed by atoms with van der Waals surface area (Å²) in [5.74, 6) is 0. The first-order valence-corrected chi connectivity index (χ1v) is 5.77. The zero-order chi connectivity index (χ0) is 12.5. The number of nitrogens with zero attached hydrogens (tertiary/aromatic N) is 4. The predicted octanol–water partition coefficient (Wildman–Crippen LogP) is 2.01. The fourth-order valence-corrected chi connectivity index (χ4v) is 1.34. The van der Waals surface area contributed by atoms with Crippen molar-refractivity contribution in [2.45, 2.75) is 0 Å². The molecule has 0 unspecified atom stereocenters. The second-order valence-corrected chi connectivity index (χ2v) is 3.58. The van der Waals surface area contributed by atoms with Crippen LogP contribution >= 0.6 is 0 Å². The van der Waals surface area contributed by atoms with Gasteiger partial charge in [0, 0.05) is 24.8 Å². The van der Waals surface area contributed by atoms with Crippen LogP contribution in [0.3, 0.4) is 0 Å². The van der Waals surface area contributed by atoms with Gasteiger partial charge >= 0.3 is 17.1 Å². The average molecular weight is 302 g/mol. The molecule has 0 aromatic carbocycles. The molecule has 0 aliphatic carbocycles.